The molecule has 0 bridgehead atoms. The third-order valence-electron chi connectivity index (χ3n) is 5.14. The van der Waals surface area contributed by atoms with Crippen LogP contribution >= 0.6 is 0 Å². The van der Waals surface area contributed by atoms with Crippen LogP contribution in [0.15, 0.2) is 48.1 Å². The van der Waals surface area contributed by atoms with Crippen molar-refractivity contribution in [3.8, 4) is 0 Å². The predicted octanol–water partition coefficient (Wildman–Crippen LogP) is 9.51. The van der Waals surface area contributed by atoms with E-state index in [1.807, 2.05) is 53.7 Å². The number of Topliss-reactive ketones (excluding diaryl/α,β-unsaturated/α-hetero) is 1. The van der Waals surface area contributed by atoms with Crippen LogP contribution in [0, 0.1) is 6.92 Å². The summed E-state index contributed by atoms with van der Waals surface area (Å²) < 4.78 is 0. The van der Waals surface area contributed by atoms with Crippen LogP contribution < -0.4 is 0 Å². The lowest BCUT2D eigenvalue weighted by Crippen LogP contribution is -2.21. The molecule has 0 spiro atoms. The van der Waals surface area contributed by atoms with E-state index in [2.05, 4.69) is 60.3 Å². The first kappa shape index (κ1) is 30.3. The second kappa shape index (κ2) is 15.0. The highest BCUT2D eigenvalue weighted by atomic mass is 16.1. The summed E-state index contributed by atoms with van der Waals surface area (Å²) in [7, 11) is 0. The molecular formula is C29H48O. The molecule has 0 saturated heterocycles. The summed E-state index contributed by atoms with van der Waals surface area (Å²) in [6.45, 7) is 29.0. The van der Waals surface area contributed by atoms with Crippen LogP contribution in [-0.2, 0) is 5.41 Å². The van der Waals surface area contributed by atoms with Crippen LogP contribution in [0.4, 0.5) is 0 Å². The smallest absolute Gasteiger partial charge is 0.188 e. The van der Waals surface area contributed by atoms with Crippen LogP contribution in [0.25, 0.3) is 0 Å². The van der Waals surface area contributed by atoms with E-state index < -0.39 is 0 Å². The van der Waals surface area contributed by atoms with Gasteiger partial charge in [0.2, 0.25) is 0 Å². The Labute approximate surface area is 188 Å². The fourth-order valence-corrected chi connectivity index (χ4v) is 3.41. The Hall–Kier alpha value is -1.89. The maximum absolute atomic E-state index is 13.0. The lowest BCUT2D eigenvalue weighted by molar-refractivity contribution is 0.103. The van der Waals surface area contributed by atoms with Crippen LogP contribution in [0.3, 0.4) is 0 Å². The van der Waals surface area contributed by atoms with Gasteiger partial charge in [-0.1, -0.05) is 105 Å². The third kappa shape index (κ3) is 8.86. The molecule has 1 heteroatoms. The number of benzene rings is 1. The summed E-state index contributed by atoms with van der Waals surface area (Å²) in [5, 5.41) is 0. The van der Waals surface area contributed by atoms with Gasteiger partial charge in [-0.3, -0.25) is 4.79 Å². The van der Waals surface area contributed by atoms with E-state index in [1.54, 1.807) is 6.08 Å². The van der Waals surface area contributed by atoms with Crippen molar-refractivity contribution in [2.24, 2.45) is 0 Å². The van der Waals surface area contributed by atoms with Crippen LogP contribution in [0.1, 0.15) is 122 Å². The molecule has 0 saturated carbocycles. The summed E-state index contributed by atoms with van der Waals surface area (Å²) >= 11 is 0. The monoisotopic (exact) mass is 412 g/mol. The van der Waals surface area contributed by atoms with E-state index in [4.69, 9.17) is 0 Å². The highest BCUT2D eigenvalue weighted by Gasteiger charge is 2.26. The first-order chi connectivity index (χ1) is 14.0. The zero-order valence-corrected chi connectivity index (χ0v) is 22.0. The zero-order valence-electron chi connectivity index (χ0n) is 22.0. The van der Waals surface area contributed by atoms with Crippen molar-refractivity contribution in [2.45, 2.75) is 107 Å². The summed E-state index contributed by atoms with van der Waals surface area (Å²) in [5.74, 6) is 0.498. The lowest BCUT2D eigenvalue weighted by Gasteiger charge is -2.30. The van der Waals surface area contributed by atoms with Crippen molar-refractivity contribution in [3.63, 3.8) is 0 Å². The minimum absolute atomic E-state index is 0.109. The van der Waals surface area contributed by atoms with Crippen LogP contribution in [0.2, 0.25) is 0 Å². The molecule has 1 aromatic carbocycles. The summed E-state index contributed by atoms with van der Waals surface area (Å²) in [4.78, 5) is 13.0. The molecule has 0 aliphatic carbocycles. The Balaban J connectivity index is 0. The van der Waals surface area contributed by atoms with E-state index in [0.717, 1.165) is 35.1 Å². The van der Waals surface area contributed by atoms with Crippen molar-refractivity contribution in [2.75, 3.05) is 0 Å². The van der Waals surface area contributed by atoms with Crippen molar-refractivity contribution >= 4 is 5.78 Å². The summed E-state index contributed by atoms with van der Waals surface area (Å²) in [5.41, 5.74) is 6.49. The van der Waals surface area contributed by atoms with Gasteiger partial charge in [0.1, 0.15) is 0 Å². The van der Waals surface area contributed by atoms with E-state index in [0.29, 0.717) is 5.92 Å². The number of carbonyl (C=O) groups is 1. The quantitative estimate of drug-likeness (QED) is 0.236. The van der Waals surface area contributed by atoms with Gasteiger partial charge in [-0.05, 0) is 66.9 Å². The molecule has 0 atom stereocenters. The van der Waals surface area contributed by atoms with Gasteiger partial charge in [-0.2, -0.15) is 0 Å². The first-order valence-corrected chi connectivity index (χ1v) is 11.7. The van der Waals surface area contributed by atoms with Gasteiger partial charge in [0.05, 0.1) is 0 Å². The Morgan fingerprint density at radius 3 is 2.03 bits per heavy atom. The molecule has 0 radical (unpaired) electrons. The lowest BCUT2D eigenvalue weighted by atomic mass is 9.74. The molecule has 0 fully saturated rings. The zero-order chi connectivity index (χ0) is 24.1. The largest absolute Gasteiger partial charge is 0.289 e. The molecule has 0 aromatic heterocycles. The summed E-state index contributed by atoms with van der Waals surface area (Å²) in [6.07, 6.45) is 7.92. The minimum atomic E-state index is 0.109. The highest BCUT2D eigenvalue weighted by molar-refractivity contribution is 6.09. The molecule has 0 aliphatic rings. The molecule has 1 nitrogen and oxygen atoms in total. The highest BCUT2D eigenvalue weighted by Crippen LogP contribution is 2.36. The van der Waals surface area contributed by atoms with Gasteiger partial charge in [0, 0.05) is 5.56 Å². The average molecular weight is 413 g/mol. The molecule has 1 rings (SSSR count). The number of hydrogen-bond acceptors (Lipinski definition) is 1. The SMILES string of the molecule is C=C/C(C)=C\C=C(/C)C(=O)c1cc(C(C)C)c(C(C)(C)CCC)cc1C.CC.CC. The standard InChI is InChI=1S/C25H36O.2C2H6/c1-10-14-25(8,9)23-15-20(7)22(16-21(23)17(3)4)24(26)19(6)13-12-18(5)11-2;2*1-2/h11-13,15-17H,2,10,14H2,1,3-9H3;2*1-2H3/b18-12-,19-13+;;. The third-order valence-corrected chi connectivity index (χ3v) is 5.14. The van der Waals surface area contributed by atoms with Crippen molar-refractivity contribution in [3.05, 3.63) is 70.3 Å². The van der Waals surface area contributed by atoms with Gasteiger partial charge < -0.3 is 0 Å². The van der Waals surface area contributed by atoms with Gasteiger partial charge >= 0.3 is 0 Å². The Morgan fingerprint density at radius 2 is 1.60 bits per heavy atom. The van der Waals surface area contributed by atoms with Crippen molar-refractivity contribution < 1.29 is 4.79 Å². The number of hydrogen-bond donors (Lipinski definition) is 0. The van der Waals surface area contributed by atoms with Gasteiger partial charge in [0.15, 0.2) is 5.78 Å². The van der Waals surface area contributed by atoms with Crippen LogP contribution in [0.5, 0.6) is 0 Å². The minimum Gasteiger partial charge on any atom is -0.289 e. The van der Waals surface area contributed by atoms with E-state index in [9.17, 15) is 4.79 Å². The molecule has 30 heavy (non-hydrogen) atoms. The molecule has 0 N–H and O–H groups in total. The number of ketones is 1. The maximum Gasteiger partial charge on any atom is 0.188 e. The molecule has 1 aromatic rings. The Morgan fingerprint density at radius 1 is 1.07 bits per heavy atom. The van der Waals surface area contributed by atoms with Crippen LogP contribution in [-0.4, -0.2) is 5.78 Å². The van der Waals surface area contributed by atoms with Gasteiger partial charge in [-0.15, -0.1) is 0 Å². The normalized spacial score (nSPS) is 11.9. The number of carbonyl (C=O) groups excluding carboxylic acids is 1. The molecule has 0 heterocycles. The van der Waals surface area contributed by atoms with E-state index in [1.165, 1.54) is 11.1 Å². The molecule has 0 unspecified atom stereocenters. The van der Waals surface area contributed by atoms with E-state index in [-0.39, 0.29) is 11.2 Å². The topological polar surface area (TPSA) is 17.1 Å². The Bertz CT molecular complexity index is 727. The molecule has 0 amide bonds. The maximum atomic E-state index is 13.0. The van der Waals surface area contributed by atoms with Crippen molar-refractivity contribution in [1.29, 1.82) is 0 Å². The van der Waals surface area contributed by atoms with Gasteiger partial charge in [-0.25, -0.2) is 0 Å². The second-order valence-corrected chi connectivity index (χ2v) is 8.34. The number of allylic oxidation sites excluding steroid dienone is 5. The van der Waals surface area contributed by atoms with Gasteiger partial charge in [0.25, 0.3) is 0 Å². The fraction of sp³-hybridized carbons (Fsp3) is 0.552. The molecule has 170 valence electrons. The number of rotatable bonds is 8. The van der Waals surface area contributed by atoms with E-state index >= 15 is 0 Å². The molecular weight excluding hydrogens is 364 g/mol. The molecule has 0 aliphatic heterocycles. The van der Waals surface area contributed by atoms with Crippen molar-refractivity contribution in [1.82, 2.24) is 0 Å². The average Bonchev–Trinajstić information content (AvgIpc) is 2.73. The first-order valence-electron chi connectivity index (χ1n) is 11.7. The Kier molecular flexibility index (Phi) is 15.1. The second-order valence-electron chi connectivity index (χ2n) is 8.34. The summed E-state index contributed by atoms with van der Waals surface area (Å²) in [6, 6.07) is 4.38. The fourth-order valence-electron chi connectivity index (χ4n) is 3.41. The number of aryl methyl sites for hydroxylation is 1. The predicted molar refractivity (Wildman–Crippen MR) is 138 cm³/mol.